The second-order valence-corrected chi connectivity index (χ2v) is 8.05. The number of hydrogen-bond acceptors (Lipinski definition) is 3. The Morgan fingerprint density at radius 1 is 1.26 bits per heavy atom. The van der Waals surface area contributed by atoms with Crippen molar-refractivity contribution in [3.05, 3.63) is 63.4 Å². The Morgan fingerprint density at radius 3 is 2.70 bits per heavy atom. The van der Waals surface area contributed by atoms with E-state index in [1.807, 2.05) is 0 Å². The Labute approximate surface area is 172 Å². The number of carbonyl (C=O) groups is 1. The molecule has 2 heterocycles. The molecule has 0 spiro atoms. The van der Waals surface area contributed by atoms with Crippen LogP contribution < -0.4 is 0 Å². The first-order valence-corrected chi connectivity index (χ1v) is 10.2. The van der Waals surface area contributed by atoms with Gasteiger partial charge in [-0.2, -0.15) is 0 Å². The van der Waals surface area contributed by atoms with Gasteiger partial charge in [0.2, 0.25) is 0 Å². The molecule has 0 amide bonds. The van der Waals surface area contributed by atoms with Gasteiger partial charge in [-0.25, -0.2) is 0 Å². The number of hydrogen-bond donors (Lipinski definition) is 1. The molecule has 1 N–H and O–H groups in total. The van der Waals surface area contributed by atoms with Gasteiger partial charge in [0.1, 0.15) is 0 Å². The number of nitrogens with zero attached hydrogens (tertiary/aromatic N) is 1. The van der Waals surface area contributed by atoms with Crippen LogP contribution in [0, 0.1) is 19.8 Å². The van der Waals surface area contributed by atoms with Gasteiger partial charge in [0.15, 0.2) is 0 Å². The summed E-state index contributed by atoms with van der Waals surface area (Å²) in [5.41, 5.74) is 5.20. The number of carboxylic acid groups (broad SMARTS) is 1. The van der Waals surface area contributed by atoms with E-state index in [9.17, 15) is 9.90 Å². The molecule has 2 aromatic rings. The summed E-state index contributed by atoms with van der Waals surface area (Å²) in [6.45, 7) is 6.94. The van der Waals surface area contributed by atoms with Crippen LogP contribution in [0.5, 0.6) is 0 Å². The first-order chi connectivity index (χ1) is 12.6. The Bertz CT molecular complexity index is 799. The fraction of sp³-hybridized carbons (Fsp3) is 0.409. The van der Waals surface area contributed by atoms with Gasteiger partial charge in [-0.1, -0.05) is 30.3 Å². The second kappa shape index (κ2) is 10.1. The molecule has 1 aromatic heterocycles. The second-order valence-electron chi connectivity index (χ2n) is 7.13. The van der Waals surface area contributed by atoms with Crippen LogP contribution in [0.2, 0.25) is 0 Å². The minimum absolute atomic E-state index is 0. The van der Waals surface area contributed by atoms with Crippen molar-refractivity contribution in [3.63, 3.8) is 0 Å². The van der Waals surface area contributed by atoms with Crippen molar-refractivity contribution in [2.75, 3.05) is 19.6 Å². The third-order valence-corrected chi connectivity index (χ3v) is 6.24. The lowest BCUT2D eigenvalue weighted by Gasteiger charge is -2.30. The third kappa shape index (κ3) is 5.44. The Balaban J connectivity index is 0.00000261. The van der Waals surface area contributed by atoms with Gasteiger partial charge in [-0.15, -0.1) is 23.7 Å². The maximum Gasteiger partial charge on any atom is 0.307 e. The van der Waals surface area contributed by atoms with E-state index in [1.54, 1.807) is 11.3 Å². The SMILES string of the molecule is Cc1ccccc1/C(=C/CCN1CCC[C@H](C(=O)O)C1)c1sccc1C.Cl. The maximum atomic E-state index is 11.3. The predicted molar refractivity (Wildman–Crippen MR) is 116 cm³/mol. The highest BCUT2D eigenvalue weighted by Gasteiger charge is 2.24. The zero-order valence-corrected chi connectivity index (χ0v) is 17.6. The fourth-order valence-corrected chi connectivity index (χ4v) is 4.68. The first kappa shape index (κ1) is 21.7. The molecule has 1 aliphatic heterocycles. The molecule has 1 atom stereocenters. The van der Waals surface area contributed by atoms with Gasteiger partial charge < -0.3 is 10.0 Å². The number of rotatable bonds is 6. The summed E-state index contributed by atoms with van der Waals surface area (Å²) in [6.07, 6.45) is 5.07. The van der Waals surface area contributed by atoms with E-state index >= 15 is 0 Å². The molecule has 1 aliphatic rings. The van der Waals surface area contributed by atoms with Gasteiger partial charge in [0.05, 0.1) is 5.92 Å². The molecule has 3 nitrogen and oxygen atoms in total. The van der Waals surface area contributed by atoms with Crippen molar-refractivity contribution in [2.24, 2.45) is 5.92 Å². The highest BCUT2D eigenvalue weighted by atomic mass is 35.5. The predicted octanol–water partition coefficient (Wildman–Crippen LogP) is 5.41. The number of aryl methyl sites for hydroxylation is 2. The van der Waals surface area contributed by atoms with Crippen molar-refractivity contribution in [1.82, 2.24) is 4.90 Å². The minimum Gasteiger partial charge on any atom is -0.481 e. The smallest absolute Gasteiger partial charge is 0.307 e. The standard InChI is InChI=1S/C22H27NO2S.ClH/c1-16-7-3-4-9-19(16)20(21-17(2)11-14-26-21)10-6-13-23-12-5-8-18(15-23)22(24)25;/h3-4,7,9-11,14,18H,5-6,8,12-13,15H2,1-2H3,(H,24,25);1H/b20-10-;/t18-;/m0./s1. The summed E-state index contributed by atoms with van der Waals surface area (Å²) in [7, 11) is 0. The minimum atomic E-state index is -0.653. The molecule has 1 fully saturated rings. The van der Waals surface area contributed by atoms with Crippen molar-refractivity contribution in [2.45, 2.75) is 33.1 Å². The van der Waals surface area contributed by atoms with E-state index in [-0.39, 0.29) is 18.3 Å². The summed E-state index contributed by atoms with van der Waals surface area (Å²) in [4.78, 5) is 14.9. The van der Waals surface area contributed by atoms with E-state index in [1.165, 1.54) is 27.1 Å². The van der Waals surface area contributed by atoms with Gasteiger partial charge in [-0.3, -0.25) is 4.79 Å². The quantitative estimate of drug-likeness (QED) is 0.698. The van der Waals surface area contributed by atoms with Gasteiger partial charge in [0, 0.05) is 18.0 Å². The summed E-state index contributed by atoms with van der Waals surface area (Å²) in [5.74, 6) is -0.858. The number of aliphatic carboxylic acids is 1. The summed E-state index contributed by atoms with van der Waals surface area (Å²) >= 11 is 1.79. The summed E-state index contributed by atoms with van der Waals surface area (Å²) in [6, 6.07) is 10.7. The Kier molecular flexibility index (Phi) is 8.08. The van der Waals surface area contributed by atoms with Crippen molar-refractivity contribution < 1.29 is 9.90 Å². The molecular weight excluding hydrogens is 378 g/mol. The lowest BCUT2D eigenvalue weighted by Crippen LogP contribution is -2.39. The average molecular weight is 406 g/mol. The zero-order valence-electron chi connectivity index (χ0n) is 16.0. The zero-order chi connectivity index (χ0) is 18.5. The van der Waals surface area contributed by atoms with Crippen LogP contribution >= 0.6 is 23.7 Å². The van der Waals surface area contributed by atoms with Crippen LogP contribution in [-0.4, -0.2) is 35.6 Å². The maximum absolute atomic E-state index is 11.3. The molecule has 1 aromatic carbocycles. The van der Waals surface area contributed by atoms with E-state index in [0.717, 1.165) is 32.4 Å². The summed E-state index contributed by atoms with van der Waals surface area (Å²) < 4.78 is 0. The molecular formula is C22H28ClNO2S. The Hall–Kier alpha value is -1.62. The molecule has 0 saturated carbocycles. The average Bonchev–Trinajstić information content (AvgIpc) is 3.06. The fourth-order valence-electron chi connectivity index (χ4n) is 3.70. The molecule has 3 rings (SSSR count). The largest absolute Gasteiger partial charge is 0.481 e. The van der Waals surface area contributed by atoms with Crippen LogP contribution in [0.4, 0.5) is 0 Å². The van der Waals surface area contributed by atoms with Crippen LogP contribution in [0.25, 0.3) is 5.57 Å². The molecule has 5 heteroatoms. The number of piperidine rings is 1. The molecule has 0 radical (unpaired) electrons. The van der Waals surface area contributed by atoms with Crippen LogP contribution in [0.15, 0.2) is 41.8 Å². The van der Waals surface area contributed by atoms with Crippen molar-refractivity contribution >= 4 is 35.3 Å². The number of halogens is 1. The van der Waals surface area contributed by atoms with Crippen LogP contribution in [-0.2, 0) is 4.79 Å². The number of benzene rings is 1. The Morgan fingerprint density at radius 2 is 2.04 bits per heavy atom. The normalized spacial score (nSPS) is 18.1. The van der Waals surface area contributed by atoms with Crippen LogP contribution in [0.3, 0.4) is 0 Å². The number of likely N-dealkylation sites (tertiary alicyclic amines) is 1. The highest BCUT2D eigenvalue weighted by Crippen LogP contribution is 2.32. The number of carboxylic acids is 1. The van der Waals surface area contributed by atoms with Gasteiger partial charge in [-0.05, 0) is 73.4 Å². The summed E-state index contributed by atoms with van der Waals surface area (Å²) in [5, 5.41) is 11.4. The molecule has 0 bridgehead atoms. The van der Waals surface area contributed by atoms with Crippen molar-refractivity contribution in [1.29, 1.82) is 0 Å². The van der Waals surface area contributed by atoms with E-state index < -0.39 is 5.97 Å². The molecule has 146 valence electrons. The topological polar surface area (TPSA) is 40.5 Å². The lowest BCUT2D eigenvalue weighted by atomic mass is 9.96. The third-order valence-electron chi connectivity index (χ3n) is 5.19. The number of thiophene rings is 1. The first-order valence-electron chi connectivity index (χ1n) is 9.32. The van der Waals surface area contributed by atoms with E-state index in [2.05, 4.69) is 60.5 Å². The highest BCUT2D eigenvalue weighted by molar-refractivity contribution is 7.11. The van der Waals surface area contributed by atoms with Crippen LogP contribution in [0.1, 0.15) is 40.8 Å². The van der Waals surface area contributed by atoms with Gasteiger partial charge in [0.25, 0.3) is 0 Å². The monoisotopic (exact) mass is 405 g/mol. The van der Waals surface area contributed by atoms with E-state index in [4.69, 9.17) is 0 Å². The van der Waals surface area contributed by atoms with Crippen molar-refractivity contribution in [3.8, 4) is 0 Å². The van der Waals surface area contributed by atoms with Gasteiger partial charge >= 0.3 is 5.97 Å². The molecule has 27 heavy (non-hydrogen) atoms. The molecule has 1 saturated heterocycles. The van der Waals surface area contributed by atoms with E-state index in [0.29, 0.717) is 6.54 Å². The lowest BCUT2D eigenvalue weighted by molar-refractivity contribution is -0.143. The molecule has 0 aliphatic carbocycles. The molecule has 0 unspecified atom stereocenters.